The lowest BCUT2D eigenvalue weighted by atomic mass is 10.2. The molecule has 0 heterocycles. The van der Waals surface area contributed by atoms with E-state index in [1.54, 1.807) is 36.4 Å². The number of para-hydroxylation sites is 1. The molecule has 6 nitrogen and oxygen atoms in total. The molecule has 2 aromatic rings. The molecular formula is C19H20FNO5. The number of hydrogen-bond acceptors (Lipinski definition) is 4. The lowest BCUT2D eigenvalue weighted by Gasteiger charge is -2.09. The molecule has 0 aliphatic rings. The molecule has 0 unspecified atom stereocenters. The highest BCUT2D eigenvalue weighted by Gasteiger charge is 2.05. The van der Waals surface area contributed by atoms with Crippen LogP contribution in [0.1, 0.15) is 18.4 Å². The molecule has 0 atom stereocenters. The number of ether oxygens (including phenoxy) is 2. The molecule has 2 N–H and O–H groups in total. The molecule has 0 spiro atoms. The van der Waals surface area contributed by atoms with Gasteiger partial charge in [0.25, 0.3) is 0 Å². The predicted molar refractivity (Wildman–Crippen MR) is 92.5 cm³/mol. The summed E-state index contributed by atoms with van der Waals surface area (Å²) in [7, 11) is 0. The second-order valence-corrected chi connectivity index (χ2v) is 5.49. The van der Waals surface area contributed by atoms with Crippen LogP contribution in [0.15, 0.2) is 48.5 Å². The third-order valence-corrected chi connectivity index (χ3v) is 3.39. The molecule has 2 rings (SSSR count). The largest absolute Gasteiger partial charge is 0.491 e. The van der Waals surface area contributed by atoms with Crippen LogP contribution in [0.5, 0.6) is 11.5 Å². The molecule has 0 saturated carbocycles. The first-order valence-corrected chi connectivity index (χ1v) is 8.12. The van der Waals surface area contributed by atoms with E-state index < -0.39 is 18.4 Å². The maximum absolute atomic E-state index is 13.4. The number of halogens is 1. The molecule has 0 saturated heterocycles. The van der Waals surface area contributed by atoms with Gasteiger partial charge in [0.1, 0.15) is 5.75 Å². The zero-order chi connectivity index (χ0) is 18.8. The van der Waals surface area contributed by atoms with Gasteiger partial charge in [-0.3, -0.25) is 4.79 Å². The fourth-order valence-corrected chi connectivity index (χ4v) is 2.16. The van der Waals surface area contributed by atoms with E-state index in [1.165, 1.54) is 12.1 Å². The van der Waals surface area contributed by atoms with E-state index in [9.17, 15) is 14.0 Å². The summed E-state index contributed by atoms with van der Waals surface area (Å²) in [4.78, 5) is 22.3. The van der Waals surface area contributed by atoms with Crippen molar-refractivity contribution in [3.05, 3.63) is 59.9 Å². The molecule has 0 radical (unpaired) electrons. The normalized spacial score (nSPS) is 10.2. The van der Waals surface area contributed by atoms with Gasteiger partial charge in [0, 0.05) is 13.0 Å². The molecule has 0 aromatic heterocycles. The number of carboxylic acids is 1. The smallest absolute Gasteiger partial charge is 0.341 e. The van der Waals surface area contributed by atoms with E-state index in [-0.39, 0.29) is 24.7 Å². The first-order valence-electron chi connectivity index (χ1n) is 8.12. The zero-order valence-corrected chi connectivity index (χ0v) is 14.1. The van der Waals surface area contributed by atoms with Gasteiger partial charge in [-0.25, -0.2) is 9.18 Å². The maximum atomic E-state index is 13.4. The summed E-state index contributed by atoms with van der Waals surface area (Å²) in [6.45, 7) is 0.127. The second kappa shape index (κ2) is 10.0. The highest BCUT2D eigenvalue weighted by Crippen LogP contribution is 2.16. The minimum atomic E-state index is -1.05. The molecule has 26 heavy (non-hydrogen) atoms. The number of hydrogen-bond donors (Lipinski definition) is 2. The van der Waals surface area contributed by atoms with Crippen molar-refractivity contribution in [1.29, 1.82) is 0 Å². The van der Waals surface area contributed by atoms with Crippen molar-refractivity contribution in [3.63, 3.8) is 0 Å². The first kappa shape index (κ1) is 19.2. The standard InChI is InChI=1S/C19H20FNO5/c20-16-7-1-2-8-17(16)25-10-4-9-18(22)21-12-14-5-3-6-15(11-14)26-13-19(23)24/h1-3,5-8,11H,4,9-10,12-13H2,(H,21,22)(H,23,24). The van der Waals surface area contributed by atoms with Crippen molar-refractivity contribution >= 4 is 11.9 Å². The third-order valence-electron chi connectivity index (χ3n) is 3.39. The maximum Gasteiger partial charge on any atom is 0.341 e. The van der Waals surface area contributed by atoms with Crippen molar-refractivity contribution in [2.24, 2.45) is 0 Å². The summed E-state index contributed by atoms with van der Waals surface area (Å²) in [5.74, 6) is -1.04. The van der Waals surface area contributed by atoms with Gasteiger partial charge in [-0.1, -0.05) is 24.3 Å². The number of aliphatic carboxylic acids is 1. The Hall–Kier alpha value is -3.09. The van der Waals surface area contributed by atoms with Gasteiger partial charge >= 0.3 is 5.97 Å². The van der Waals surface area contributed by atoms with E-state index >= 15 is 0 Å². The first-order chi connectivity index (χ1) is 12.5. The summed E-state index contributed by atoms with van der Waals surface area (Å²) in [6.07, 6.45) is 0.714. The fraction of sp³-hybridized carbons (Fsp3) is 0.263. The number of carbonyl (C=O) groups is 2. The van der Waals surface area contributed by atoms with Gasteiger partial charge in [-0.15, -0.1) is 0 Å². The van der Waals surface area contributed by atoms with Crippen molar-refractivity contribution in [1.82, 2.24) is 5.32 Å². The molecule has 138 valence electrons. The number of nitrogens with one attached hydrogen (secondary N) is 1. The Kier molecular flexibility index (Phi) is 7.42. The highest BCUT2D eigenvalue weighted by atomic mass is 19.1. The number of rotatable bonds is 10. The van der Waals surface area contributed by atoms with Crippen molar-refractivity contribution < 1.29 is 28.6 Å². The van der Waals surface area contributed by atoms with Gasteiger partial charge < -0.3 is 19.9 Å². The summed E-state index contributed by atoms with van der Waals surface area (Å²) in [5, 5.41) is 11.4. The number of carboxylic acid groups (broad SMARTS) is 1. The summed E-state index contributed by atoms with van der Waals surface area (Å²) >= 11 is 0. The minimum absolute atomic E-state index is 0.154. The quantitative estimate of drug-likeness (QED) is 0.636. The number of benzene rings is 2. The Morgan fingerprint density at radius 1 is 1.08 bits per heavy atom. The second-order valence-electron chi connectivity index (χ2n) is 5.49. The van der Waals surface area contributed by atoms with Crippen LogP contribution in [0, 0.1) is 5.82 Å². The van der Waals surface area contributed by atoms with Crippen LogP contribution < -0.4 is 14.8 Å². The SMILES string of the molecule is O=C(O)COc1cccc(CNC(=O)CCCOc2ccccc2F)c1. The lowest BCUT2D eigenvalue weighted by Crippen LogP contribution is -2.23. The van der Waals surface area contributed by atoms with Gasteiger partial charge in [-0.05, 0) is 36.2 Å². The molecule has 2 aromatic carbocycles. The molecule has 0 fully saturated rings. The van der Waals surface area contributed by atoms with E-state index in [0.717, 1.165) is 5.56 Å². The van der Waals surface area contributed by atoms with Gasteiger partial charge in [0.15, 0.2) is 18.2 Å². The van der Waals surface area contributed by atoms with Gasteiger partial charge in [0.2, 0.25) is 5.91 Å². The zero-order valence-electron chi connectivity index (χ0n) is 14.1. The van der Waals surface area contributed by atoms with Crippen molar-refractivity contribution in [3.8, 4) is 11.5 Å². The average molecular weight is 361 g/mol. The van der Waals surface area contributed by atoms with Crippen LogP contribution in [0.3, 0.4) is 0 Å². The molecule has 0 bridgehead atoms. The van der Waals surface area contributed by atoms with Crippen molar-refractivity contribution in [2.75, 3.05) is 13.2 Å². The average Bonchev–Trinajstić information content (AvgIpc) is 2.63. The van der Waals surface area contributed by atoms with Crippen LogP contribution >= 0.6 is 0 Å². The van der Waals surface area contributed by atoms with Crippen LogP contribution in [-0.4, -0.2) is 30.2 Å². The van der Waals surface area contributed by atoms with E-state index in [2.05, 4.69) is 5.32 Å². The molecule has 0 aliphatic carbocycles. The predicted octanol–water partition coefficient (Wildman–Crippen LogP) is 2.76. The minimum Gasteiger partial charge on any atom is -0.491 e. The van der Waals surface area contributed by atoms with Crippen LogP contribution in [0.25, 0.3) is 0 Å². The Labute approximate surface area is 150 Å². The van der Waals surface area contributed by atoms with Gasteiger partial charge in [0.05, 0.1) is 6.61 Å². The Bertz CT molecular complexity index is 750. The fourth-order valence-electron chi connectivity index (χ4n) is 2.16. The van der Waals surface area contributed by atoms with Crippen LogP contribution in [0.2, 0.25) is 0 Å². The molecule has 0 aliphatic heterocycles. The number of amides is 1. The van der Waals surface area contributed by atoms with Crippen LogP contribution in [-0.2, 0) is 16.1 Å². The van der Waals surface area contributed by atoms with E-state index in [4.69, 9.17) is 14.6 Å². The summed E-state index contributed by atoms with van der Waals surface area (Å²) < 4.78 is 23.7. The summed E-state index contributed by atoms with van der Waals surface area (Å²) in [6, 6.07) is 13.0. The van der Waals surface area contributed by atoms with Gasteiger partial charge in [-0.2, -0.15) is 0 Å². The summed E-state index contributed by atoms with van der Waals surface area (Å²) in [5.41, 5.74) is 0.795. The topological polar surface area (TPSA) is 84.9 Å². The van der Waals surface area contributed by atoms with E-state index in [1.807, 2.05) is 0 Å². The Balaban J connectivity index is 1.67. The third kappa shape index (κ3) is 6.80. The van der Waals surface area contributed by atoms with E-state index in [0.29, 0.717) is 18.7 Å². The number of carbonyl (C=O) groups excluding carboxylic acids is 1. The highest BCUT2D eigenvalue weighted by molar-refractivity contribution is 5.75. The van der Waals surface area contributed by atoms with Crippen LogP contribution in [0.4, 0.5) is 4.39 Å². The Morgan fingerprint density at radius 2 is 1.88 bits per heavy atom. The molecule has 7 heteroatoms. The molecule has 1 amide bonds. The molecular weight excluding hydrogens is 341 g/mol. The monoisotopic (exact) mass is 361 g/mol. The van der Waals surface area contributed by atoms with Crippen molar-refractivity contribution in [2.45, 2.75) is 19.4 Å². The lowest BCUT2D eigenvalue weighted by molar-refractivity contribution is -0.139. The Morgan fingerprint density at radius 3 is 2.65 bits per heavy atom.